The van der Waals surface area contributed by atoms with Crippen LogP contribution in [0.4, 0.5) is 17.6 Å². The van der Waals surface area contributed by atoms with Crippen molar-refractivity contribution in [1.82, 2.24) is 9.55 Å². The molecule has 0 radical (unpaired) electrons. The highest BCUT2D eigenvalue weighted by Crippen LogP contribution is 2.38. The molecule has 0 amide bonds. The molecule has 0 saturated carbocycles. The van der Waals surface area contributed by atoms with Crippen molar-refractivity contribution in [3.8, 4) is 11.6 Å². The molecule has 30 heavy (non-hydrogen) atoms. The maximum absolute atomic E-state index is 13.1. The molecule has 0 aliphatic heterocycles. The summed E-state index contributed by atoms with van der Waals surface area (Å²) in [5.74, 6) is -2.79. The third-order valence-electron chi connectivity index (χ3n) is 4.75. The number of carbonyl (C=O) groups is 1. The summed E-state index contributed by atoms with van der Waals surface area (Å²) in [7, 11) is 0. The maximum atomic E-state index is 13.1. The van der Waals surface area contributed by atoms with Crippen LogP contribution < -0.4 is 9.47 Å². The van der Waals surface area contributed by atoms with Crippen LogP contribution in [-0.2, 0) is 17.9 Å². The number of halogens is 4. The second-order valence-corrected chi connectivity index (χ2v) is 6.82. The predicted molar refractivity (Wildman–Crippen MR) is 102 cm³/mol. The second-order valence-electron chi connectivity index (χ2n) is 6.82. The van der Waals surface area contributed by atoms with Crippen LogP contribution in [0.3, 0.4) is 0 Å². The fraction of sp³-hybridized carbons (Fsp3) is 0.333. The number of aryl methyl sites for hydroxylation is 2. The summed E-state index contributed by atoms with van der Waals surface area (Å²) >= 11 is 0. The normalized spacial score (nSPS) is 11.7. The molecule has 3 rings (SSSR count). The van der Waals surface area contributed by atoms with E-state index in [1.54, 1.807) is 19.1 Å². The van der Waals surface area contributed by atoms with Crippen molar-refractivity contribution in [3.05, 3.63) is 53.1 Å². The first-order valence-corrected chi connectivity index (χ1v) is 9.28. The Balaban J connectivity index is 2.07. The van der Waals surface area contributed by atoms with E-state index in [-0.39, 0.29) is 24.1 Å². The van der Waals surface area contributed by atoms with Gasteiger partial charge in [-0.3, -0.25) is 0 Å². The Labute approximate surface area is 170 Å². The van der Waals surface area contributed by atoms with Crippen LogP contribution in [0.2, 0.25) is 0 Å². The lowest BCUT2D eigenvalue weighted by molar-refractivity contribution is -0.189. The van der Waals surface area contributed by atoms with E-state index < -0.39 is 12.1 Å². The molecular formula is C21H20F4N2O3. The van der Waals surface area contributed by atoms with Crippen LogP contribution in [0, 0.1) is 19.7 Å². The number of fused-ring (bicyclic) bond motifs is 1. The van der Waals surface area contributed by atoms with Crippen LogP contribution in [-0.4, -0.2) is 21.7 Å². The summed E-state index contributed by atoms with van der Waals surface area (Å²) in [5.41, 5.74) is 2.61. The first-order valence-electron chi connectivity index (χ1n) is 9.28. The highest BCUT2D eigenvalue weighted by atomic mass is 19.4. The number of hydrogen-bond donors (Lipinski definition) is 0. The summed E-state index contributed by atoms with van der Waals surface area (Å²) in [4.78, 5) is 15.5. The van der Waals surface area contributed by atoms with Crippen LogP contribution in [0.25, 0.3) is 10.9 Å². The summed E-state index contributed by atoms with van der Waals surface area (Å²) in [6.45, 7) is 6.17. The number of benzene rings is 1. The van der Waals surface area contributed by atoms with Gasteiger partial charge in [-0.15, -0.1) is 0 Å². The zero-order valence-corrected chi connectivity index (χ0v) is 16.6. The van der Waals surface area contributed by atoms with Crippen molar-refractivity contribution in [2.24, 2.45) is 0 Å². The number of nitrogens with zero attached hydrogens (tertiary/aromatic N) is 2. The molecule has 0 N–H and O–H groups in total. The van der Waals surface area contributed by atoms with Crippen molar-refractivity contribution in [3.63, 3.8) is 0 Å². The van der Waals surface area contributed by atoms with Gasteiger partial charge in [0.1, 0.15) is 17.9 Å². The topological polar surface area (TPSA) is 53.4 Å². The van der Waals surface area contributed by atoms with E-state index >= 15 is 0 Å². The number of alkyl halides is 3. The van der Waals surface area contributed by atoms with Gasteiger partial charge in [-0.25, -0.2) is 14.2 Å². The van der Waals surface area contributed by atoms with Crippen LogP contribution in [0.5, 0.6) is 11.6 Å². The lowest BCUT2D eigenvalue weighted by atomic mass is 10.2. The fourth-order valence-electron chi connectivity index (χ4n) is 3.21. The molecule has 0 fully saturated rings. The van der Waals surface area contributed by atoms with Gasteiger partial charge in [-0.2, -0.15) is 13.2 Å². The average molecular weight is 424 g/mol. The van der Waals surface area contributed by atoms with Gasteiger partial charge < -0.3 is 14.0 Å². The quantitative estimate of drug-likeness (QED) is 0.401. The van der Waals surface area contributed by atoms with Crippen molar-refractivity contribution in [2.75, 3.05) is 0 Å². The largest absolute Gasteiger partial charge is 0.491 e. The Bertz CT molecular complexity index is 1070. The highest BCUT2D eigenvalue weighted by Gasteiger charge is 2.42. The molecule has 0 saturated heterocycles. The molecule has 160 valence electrons. The van der Waals surface area contributed by atoms with E-state index in [9.17, 15) is 22.4 Å². The molecule has 0 aliphatic carbocycles. The Hall–Kier alpha value is -3.10. The van der Waals surface area contributed by atoms with Crippen molar-refractivity contribution in [2.45, 2.75) is 46.5 Å². The van der Waals surface area contributed by atoms with Gasteiger partial charge in [-0.1, -0.05) is 19.1 Å². The Morgan fingerprint density at radius 2 is 1.83 bits per heavy atom. The van der Waals surface area contributed by atoms with Crippen LogP contribution in [0.15, 0.2) is 30.5 Å². The number of ether oxygens (including phenoxy) is 2. The Kier molecular flexibility index (Phi) is 6.00. The highest BCUT2D eigenvalue weighted by molar-refractivity contribution is 5.95. The maximum Gasteiger partial charge on any atom is 0.491 e. The minimum Gasteiger partial charge on any atom is -0.471 e. The SMILES string of the molecule is CCCn1c(C)c(C)c2c(OC(=O)C(F)(F)F)cnc(OCc3ccc(F)cc3)c21. The number of carbonyl (C=O) groups excluding carboxylic acids is 1. The van der Waals surface area contributed by atoms with E-state index in [1.807, 2.05) is 18.4 Å². The Morgan fingerprint density at radius 1 is 1.17 bits per heavy atom. The first-order chi connectivity index (χ1) is 14.1. The number of pyridine rings is 1. The van der Waals surface area contributed by atoms with Crippen molar-refractivity contribution >= 4 is 16.9 Å². The monoisotopic (exact) mass is 424 g/mol. The summed E-state index contributed by atoms with van der Waals surface area (Å²) in [6, 6.07) is 5.73. The van der Waals surface area contributed by atoms with E-state index in [0.29, 0.717) is 28.6 Å². The predicted octanol–water partition coefficient (Wildman–Crippen LogP) is 5.25. The van der Waals surface area contributed by atoms with E-state index in [0.717, 1.165) is 18.3 Å². The Morgan fingerprint density at radius 3 is 2.43 bits per heavy atom. The first kappa shape index (κ1) is 21.6. The second kappa shape index (κ2) is 8.33. The van der Waals surface area contributed by atoms with Crippen LogP contribution in [0.1, 0.15) is 30.2 Å². The molecule has 2 aromatic heterocycles. The minimum absolute atomic E-state index is 0.0828. The standard InChI is InChI=1S/C21H20F4N2O3/c1-4-9-27-13(3)12(2)17-16(30-20(28)21(23,24)25)10-26-19(18(17)27)29-11-14-5-7-15(22)8-6-14/h5-8,10H,4,9,11H2,1-3H3. The summed E-state index contributed by atoms with van der Waals surface area (Å²) in [6.07, 6.45) is -3.32. The van der Waals surface area contributed by atoms with Crippen LogP contribution >= 0.6 is 0 Å². The molecule has 9 heteroatoms. The van der Waals surface area contributed by atoms with Gasteiger partial charge in [0.2, 0.25) is 5.88 Å². The minimum atomic E-state index is -5.13. The molecule has 0 bridgehead atoms. The van der Waals surface area contributed by atoms with Gasteiger partial charge in [0.05, 0.1) is 11.6 Å². The smallest absolute Gasteiger partial charge is 0.471 e. The zero-order valence-electron chi connectivity index (χ0n) is 16.6. The van der Waals surface area contributed by atoms with Gasteiger partial charge in [0.25, 0.3) is 0 Å². The van der Waals surface area contributed by atoms with Gasteiger partial charge in [0, 0.05) is 12.2 Å². The molecule has 0 atom stereocenters. The lowest BCUT2D eigenvalue weighted by Gasteiger charge is -2.13. The molecule has 0 aliphatic rings. The third-order valence-corrected chi connectivity index (χ3v) is 4.75. The molecule has 0 spiro atoms. The van der Waals surface area contributed by atoms with Gasteiger partial charge >= 0.3 is 12.1 Å². The molecule has 2 heterocycles. The summed E-state index contributed by atoms with van der Waals surface area (Å²) in [5, 5.41) is 0.336. The zero-order chi connectivity index (χ0) is 22.1. The van der Waals surface area contributed by atoms with E-state index in [4.69, 9.17) is 4.74 Å². The van der Waals surface area contributed by atoms with Crippen molar-refractivity contribution < 1.29 is 31.8 Å². The van der Waals surface area contributed by atoms with Gasteiger partial charge in [-0.05, 0) is 43.5 Å². The molecule has 5 nitrogen and oxygen atoms in total. The number of aromatic nitrogens is 2. The average Bonchev–Trinajstić information content (AvgIpc) is 2.94. The molecule has 0 unspecified atom stereocenters. The van der Waals surface area contributed by atoms with E-state index in [1.165, 1.54) is 12.1 Å². The molecule has 3 aromatic rings. The third kappa shape index (κ3) is 4.24. The lowest BCUT2D eigenvalue weighted by Crippen LogP contribution is -2.28. The van der Waals surface area contributed by atoms with Gasteiger partial charge in [0.15, 0.2) is 5.75 Å². The van der Waals surface area contributed by atoms with E-state index in [2.05, 4.69) is 9.72 Å². The van der Waals surface area contributed by atoms with Crippen molar-refractivity contribution in [1.29, 1.82) is 0 Å². The molecule has 1 aromatic carbocycles. The summed E-state index contributed by atoms with van der Waals surface area (Å²) < 4.78 is 63.5. The number of hydrogen-bond acceptors (Lipinski definition) is 4. The number of rotatable bonds is 6. The fourth-order valence-corrected chi connectivity index (χ4v) is 3.21. The number of esters is 1. The molecular weight excluding hydrogens is 404 g/mol.